The number of aliphatic hydroxyl groups is 1. The number of allylic oxidation sites excluding steroid dienone is 1. The van der Waals surface area contributed by atoms with Gasteiger partial charge >= 0.3 is 5.97 Å². The maximum atomic E-state index is 14.5. The zero-order valence-corrected chi connectivity index (χ0v) is 24.3. The molecule has 4 rings (SSSR count). The second-order valence-corrected chi connectivity index (χ2v) is 12.7. The zero-order chi connectivity index (χ0) is 28.2. The molecule has 39 heavy (non-hydrogen) atoms. The van der Waals surface area contributed by atoms with Gasteiger partial charge in [-0.25, -0.2) is 0 Å². The van der Waals surface area contributed by atoms with Gasteiger partial charge in [-0.1, -0.05) is 26.0 Å². The second-order valence-electron chi connectivity index (χ2n) is 11.2. The molecular weight excluding hydrogens is 518 g/mol. The molecule has 218 valence electrons. The molecule has 4 fully saturated rings. The van der Waals surface area contributed by atoms with Crippen molar-refractivity contribution in [1.29, 1.82) is 0 Å². The number of hydrogen-bond donors (Lipinski definition) is 1. The minimum atomic E-state index is -0.750. The van der Waals surface area contributed by atoms with Crippen LogP contribution in [0.25, 0.3) is 0 Å². The van der Waals surface area contributed by atoms with E-state index in [1.54, 1.807) is 33.7 Å². The molecule has 3 unspecified atom stereocenters. The standard InChI is InChI=1S/C29H45N3O6S/c1-5-8-9-15-38-28(36)23-22-18-20(4)29(39-22)24(23)26(34)32(21(7-3)19-33)25(29)27(35)31(10-6-2)12-11-30-13-16-37-17-14-30/h5-6,20-25,33H,1-2,7-19H2,3-4H3/t20?,21-,22-,23+,24-,25?,29?/m0/s1. The van der Waals surface area contributed by atoms with E-state index in [1.807, 2.05) is 6.92 Å². The maximum absolute atomic E-state index is 14.5. The van der Waals surface area contributed by atoms with E-state index in [2.05, 4.69) is 25.0 Å². The van der Waals surface area contributed by atoms with E-state index in [0.717, 1.165) is 25.9 Å². The van der Waals surface area contributed by atoms with Gasteiger partial charge in [-0.2, -0.15) is 0 Å². The molecule has 0 aromatic carbocycles. The van der Waals surface area contributed by atoms with Crippen LogP contribution in [0.2, 0.25) is 0 Å². The van der Waals surface area contributed by atoms with Crippen molar-refractivity contribution in [2.24, 2.45) is 17.8 Å². The van der Waals surface area contributed by atoms with Crippen LogP contribution in [0.15, 0.2) is 25.3 Å². The van der Waals surface area contributed by atoms with Crippen molar-refractivity contribution in [3.63, 3.8) is 0 Å². The van der Waals surface area contributed by atoms with Crippen LogP contribution in [-0.4, -0.2) is 119 Å². The maximum Gasteiger partial charge on any atom is 0.310 e. The molecule has 4 saturated heterocycles. The van der Waals surface area contributed by atoms with Crippen molar-refractivity contribution in [3.05, 3.63) is 25.3 Å². The topological polar surface area (TPSA) is 99.6 Å². The Labute approximate surface area is 236 Å². The summed E-state index contributed by atoms with van der Waals surface area (Å²) in [5, 5.41) is 10.2. The van der Waals surface area contributed by atoms with Crippen LogP contribution in [0.3, 0.4) is 0 Å². The number of hydrogen-bond acceptors (Lipinski definition) is 8. The Balaban J connectivity index is 1.65. The predicted octanol–water partition coefficient (Wildman–Crippen LogP) is 1.95. The van der Waals surface area contributed by atoms with Gasteiger partial charge in [0, 0.05) is 38.0 Å². The van der Waals surface area contributed by atoms with Gasteiger partial charge in [-0.3, -0.25) is 19.3 Å². The molecule has 9 nitrogen and oxygen atoms in total. The number of carbonyl (C=O) groups excluding carboxylic acids is 3. The molecule has 7 atom stereocenters. The SMILES string of the molecule is C=CCCCOC(=O)[C@@H]1[C@@H]2CC(C)C3(S2)C(C(=O)N(CC=C)CCN2CCOCC2)N([C@@H](CC)CO)C(=O)[C@H]13. The van der Waals surface area contributed by atoms with E-state index in [4.69, 9.17) is 9.47 Å². The first kappa shape index (κ1) is 30.1. The Morgan fingerprint density at radius 3 is 2.69 bits per heavy atom. The summed E-state index contributed by atoms with van der Waals surface area (Å²) in [5.74, 6) is -1.82. The lowest BCUT2D eigenvalue weighted by atomic mass is 9.66. The number of likely N-dealkylation sites (tertiary alicyclic amines) is 1. The molecular formula is C29H45N3O6S. The number of fused-ring (bicyclic) bond motifs is 1. The van der Waals surface area contributed by atoms with E-state index in [0.29, 0.717) is 45.7 Å². The minimum Gasteiger partial charge on any atom is -0.465 e. The summed E-state index contributed by atoms with van der Waals surface area (Å²) in [6.07, 6.45) is 6.23. The van der Waals surface area contributed by atoms with E-state index >= 15 is 0 Å². The summed E-state index contributed by atoms with van der Waals surface area (Å²) in [4.78, 5) is 47.9. The second kappa shape index (κ2) is 13.2. The zero-order valence-electron chi connectivity index (χ0n) is 23.5. The van der Waals surface area contributed by atoms with Crippen LogP contribution in [-0.2, 0) is 23.9 Å². The number of thioether (sulfide) groups is 1. The monoisotopic (exact) mass is 563 g/mol. The minimum absolute atomic E-state index is 0.0613. The molecule has 0 aromatic rings. The Morgan fingerprint density at radius 2 is 2.05 bits per heavy atom. The van der Waals surface area contributed by atoms with Gasteiger partial charge in [0.1, 0.15) is 6.04 Å². The normalized spacial score (nSPS) is 32.6. The van der Waals surface area contributed by atoms with Gasteiger partial charge in [0.05, 0.1) is 49.1 Å². The number of rotatable bonds is 14. The highest BCUT2D eigenvalue weighted by Crippen LogP contribution is 2.69. The fourth-order valence-electron chi connectivity index (χ4n) is 7.02. The van der Waals surface area contributed by atoms with Crippen LogP contribution in [0.4, 0.5) is 0 Å². The third-order valence-electron chi connectivity index (χ3n) is 9.01. The van der Waals surface area contributed by atoms with E-state index in [-0.39, 0.29) is 42.2 Å². The molecule has 2 bridgehead atoms. The average molecular weight is 564 g/mol. The lowest BCUT2D eigenvalue weighted by Crippen LogP contribution is -2.59. The summed E-state index contributed by atoms with van der Waals surface area (Å²) in [7, 11) is 0. The number of ether oxygens (including phenoxy) is 2. The molecule has 1 N–H and O–H groups in total. The smallest absolute Gasteiger partial charge is 0.310 e. The third kappa shape index (κ3) is 5.54. The molecule has 10 heteroatoms. The van der Waals surface area contributed by atoms with Crippen molar-refractivity contribution in [2.45, 2.75) is 61.6 Å². The Morgan fingerprint density at radius 1 is 1.31 bits per heavy atom. The van der Waals surface area contributed by atoms with Gasteiger partial charge in [-0.05, 0) is 31.6 Å². The van der Waals surface area contributed by atoms with Gasteiger partial charge < -0.3 is 24.4 Å². The van der Waals surface area contributed by atoms with E-state index < -0.39 is 28.7 Å². The lowest BCUT2D eigenvalue weighted by molar-refractivity contribution is -0.155. The Kier molecular flexibility index (Phi) is 10.2. The van der Waals surface area contributed by atoms with Crippen molar-refractivity contribution < 1.29 is 29.0 Å². The van der Waals surface area contributed by atoms with Gasteiger partial charge in [0.25, 0.3) is 0 Å². The van der Waals surface area contributed by atoms with E-state index in [9.17, 15) is 19.5 Å². The number of unbranched alkanes of at least 4 members (excludes halogenated alkanes) is 1. The van der Waals surface area contributed by atoms with Crippen molar-refractivity contribution >= 4 is 29.5 Å². The Bertz CT molecular complexity index is 923. The molecule has 4 heterocycles. The third-order valence-corrected chi connectivity index (χ3v) is 11.1. The largest absolute Gasteiger partial charge is 0.465 e. The highest BCUT2D eigenvalue weighted by atomic mass is 32.2. The number of morpholine rings is 1. The quantitative estimate of drug-likeness (QED) is 0.195. The van der Waals surface area contributed by atoms with E-state index in [1.165, 1.54) is 0 Å². The number of aliphatic hydroxyl groups excluding tert-OH is 1. The Hall–Kier alpha value is -1.88. The van der Waals surface area contributed by atoms with Crippen LogP contribution < -0.4 is 0 Å². The summed E-state index contributed by atoms with van der Waals surface area (Å²) >= 11 is 1.64. The number of carbonyl (C=O) groups is 3. The van der Waals surface area contributed by atoms with Crippen molar-refractivity contribution in [1.82, 2.24) is 14.7 Å². The molecule has 4 aliphatic rings. The highest BCUT2D eigenvalue weighted by Gasteiger charge is 2.77. The average Bonchev–Trinajstić information content (AvgIpc) is 3.54. The lowest BCUT2D eigenvalue weighted by Gasteiger charge is -2.42. The number of nitrogens with zero attached hydrogens (tertiary/aromatic N) is 3. The number of amides is 2. The molecule has 1 spiro atoms. The van der Waals surface area contributed by atoms with Crippen molar-refractivity contribution in [2.75, 3.05) is 59.2 Å². The predicted molar refractivity (Wildman–Crippen MR) is 151 cm³/mol. The number of esters is 1. The van der Waals surface area contributed by atoms with Crippen molar-refractivity contribution in [3.8, 4) is 0 Å². The molecule has 0 radical (unpaired) electrons. The molecule has 0 saturated carbocycles. The fraction of sp³-hybridized carbons (Fsp3) is 0.759. The van der Waals surface area contributed by atoms with Gasteiger partial charge in [0.15, 0.2) is 0 Å². The summed E-state index contributed by atoms with van der Waals surface area (Å²) < 4.78 is 10.4. The molecule has 2 amide bonds. The summed E-state index contributed by atoms with van der Waals surface area (Å²) in [6.45, 7) is 16.3. The van der Waals surface area contributed by atoms with Crippen LogP contribution in [0, 0.1) is 17.8 Å². The molecule has 4 aliphatic heterocycles. The first-order chi connectivity index (χ1) is 18.8. The first-order valence-corrected chi connectivity index (χ1v) is 15.3. The summed E-state index contributed by atoms with van der Waals surface area (Å²) in [5.41, 5.74) is 0. The first-order valence-electron chi connectivity index (χ1n) is 14.4. The van der Waals surface area contributed by atoms with Crippen LogP contribution in [0.1, 0.15) is 39.5 Å². The van der Waals surface area contributed by atoms with Gasteiger partial charge in [0.2, 0.25) is 11.8 Å². The summed E-state index contributed by atoms with van der Waals surface area (Å²) in [6, 6.07) is -1.24. The van der Waals surface area contributed by atoms with Gasteiger partial charge in [-0.15, -0.1) is 24.9 Å². The van der Waals surface area contributed by atoms with Crippen LogP contribution >= 0.6 is 11.8 Å². The highest BCUT2D eigenvalue weighted by molar-refractivity contribution is 8.02. The fourth-order valence-corrected chi connectivity index (χ4v) is 9.41. The van der Waals surface area contributed by atoms with Crippen LogP contribution in [0.5, 0.6) is 0 Å². The molecule has 0 aromatic heterocycles. The molecule has 0 aliphatic carbocycles.